The van der Waals surface area contributed by atoms with Gasteiger partial charge in [0.05, 0.1) is 23.6 Å². The summed E-state index contributed by atoms with van der Waals surface area (Å²) < 4.78 is 0.741. The van der Waals surface area contributed by atoms with Crippen molar-refractivity contribution in [3.63, 3.8) is 0 Å². The zero-order chi connectivity index (χ0) is 28.0. The average Bonchev–Trinajstić information content (AvgIpc) is 3.21. The highest BCUT2D eigenvalue weighted by molar-refractivity contribution is 5.83. The third kappa shape index (κ3) is 4.30. The summed E-state index contributed by atoms with van der Waals surface area (Å²) in [6, 6.07) is 8.59. The number of aromatic nitrogens is 1. The van der Waals surface area contributed by atoms with Crippen molar-refractivity contribution >= 4 is 28.9 Å². The van der Waals surface area contributed by atoms with Gasteiger partial charge in [-0.1, -0.05) is 37.5 Å². The Balaban J connectivity index is 1.84. The Hall–Kier alpha value is -3.20. The van der Waals surface area contributed by atoms with Gasteiger partial charge in [0, 0.05) is 31.9 Å². The normalized spacial score (nSPS) is 26.4. The first-order chi connectivity index (χ1) is 17.7. The molecule has 38 heavy (non-hydrogen) atoms. The van der Waals surface area contributed by atoms with Crippen LogP contribution >= 0.6 is 0 Å². The number of aryl methyl sites for hydroxylation is 1. The first kappa shape index (κ1) is 27.8. The van der Waals surface area contributed by atoms with Crippen LogP contribution in [0, 0.1) is 5.92 Å². The fourth-order valence-corrected chi connectivity index (χ4v) is 6.98. The number of amides is 2. The molecule has 3 atom stereocenters. The van der Waals surface area contributed by atoms with Gasteiger partial charge in [0.15, 0.2) is 0 Å². The van der Waals surface area contributed by atoms with Crippen molar-refractivity contribution < 1.29 is 29.1 Å². The van der Waals surface area contributed by atoms with Crippen LogP contribution in [0.25, 0.3) is 10.9 Å². The first-order valence-electron chi connectivity index (χ1n) is 13.5. The minimum atomic E-state index is -1.72. The third-order valence-electron chi connectivity index (χ3n) is 9.10. The van der Waals surface area contributed by atoms with Crippen molar-refractivity contribution in [2.45, 2.75) is 89.9 Å². The number of pyridine rings is 1. The van der Waals surface area contributed by atoms with Crippen molar-refractivity contribution in [1.82, 2.24) is 9.47 Å². The highest BCUT2D eigenvalue weighted by Gasteiger charge is 2.68. The van der Waals surface area contributed by atoms with Crippen molar-refractivity contribution in [1.29, 1.82) is 0 Å². The SMILES string of the molecule is Cn1c(=O)c(CN(C(=O)C2CCCCC2)[C@H]2C[C@@](C)(C(=O)O)[N+](C(=O)[O-])(C(C)(C)C)C2)cc2ccccc21. The van der Waals surface area contributed by atoms with Crippen LogP contribution in [0.5, 0.6) is 0 Å². The lowest BCUT2D eigenvalue weighted by molar-refractivity contribution is -0.943. The maximum atomic E-state index is 14.1. The van der Waals surface area contributed by atoms with Crippen LogP contribution in [0.1, 0.15) is 71.8 Å². The van der Waals surface area contributed by atoms with E-state index < -0.39 is 33.7 Å². The first-order valence-corrected chi connectivity index (χ1v) is 13.5. The molecule has 0 radical (unpaired) electrons. The smallest absolute Gasteiger partial charge is 0.366 e. The molecule has 1 aromatic heterocycles. The molecular formula is C29H39N3O6. The molecule has 2 heterocycles. The fraction of sp³-hybridized carbons (Fsp3) is 0.586. The molecule has 0 spiro atoms. The molecule has 1 saturated carbocycles. The molecule has 4 rings (SSSR count). The molecule has 1 N–H and O–H groups in total. The van der Waals surface area contributed by atoms with E-state index in [1.54, 1.807) is 43.4 Å². The van der Waals surface area contributed by atoms with Crippen molar-refractivity contribution in [2.75, 3.05) is 6.54 Å². The van der Waals surface area contributed by atoms with Crippen LogP contribution in [0.2, 0.25) is 0 Å². The van der Waals surface area contributed by atoms with Crippen LogP contribution in [0.4, 0.5) is 4.79 Å². The zero-order valence-electron chi connectivity index (χ0n) is 23.0. The summed E-state index contributed by atoms with van der Waals surface area (Å²) in [6.07, 6.45) is 2.85. The van der Waals surface area contributed by atoms with E-state index in [2.05, 4.69) is 0 Å². The molecule has 1 aliphatic heterocycles. The Labute approximate surface area is 223 Å². The summed E-state index contributed by atoms with van der Waals surface area (Å²) >= 11 is 0. The van der Waals surface area contributed by atoms with Gasteiger partial charge in [-0.15, -0.1) is 0 Å². The molecule has 2 fully saturated rings. The third-order valence-corrected chi connectivity index (χ3v) is 9.10. The number of benzene rings is 1. The number of hydrogen-bond donors (Lipinski definition) is 1. The summed E-state index contributed by atoms with van der Waals surface area (Å²) in [5.74, 6) is -1.61. The molecule has 1 aliphatic carbocycles. The zero-order valence-corrected chi connectivity index (χ0v) is 23.0. The monoisotopic (exact) mass is 525 g/mol. The second kappa shape index (κ2) is 9.84. The molecule has 9 heteroatoms. The molecule has 0 bridgehead atoms. The minimum absolute atomic E-state index is 0.00953. The van der Waals surface area contributed by atoms with Crippen molar-refractivity contribution in [3.8, 4) is 0 Å². The Bertz CT molecular complexity index is 1320. The number of para-hydroxylation sites is 1. The van der Waals surface area contributed by atoms with E-state index in [4.69, 9.17) is 0 Å². The van der Waals surface area contributed by atoms with Crippen LogP contribution in [-0.2, 0) is 23.2 Å². The molecule has 206 valence electrons. The van der Waals surface area contributed by atoms with Crippen LogP contribution in [0.3, 0.4) is 0 Å². The predicted molar refractivity (Wildman–Crippen MR) is 141 cm³/mol. The number of quaternary nitrogens is 1. The lowest BCUT2D eigenvalue weighted by atomic mass is 9.87. The van der Waals surface area contributed by atoms with E-state index >= 15 is 0 Å². The number of nitrogens with zero attached hydrogens (tertiary/aromatic N) is 3. The summed E-state index contributed by atoms with van der Waals surface area (Å²) in [7, 11) is 1.69. The van der Waals surface area contributed by atoms with Gasteiger partial charge >= 0.3 is 5.97 Å². The van der Waals surface area contributed by atoms with Gasteiger partial charge in [0.1, 0.15) is 6.54 Å². The number of likely N-dealkylation sites (tertiary alicyclic amines) is 1. The second-order valence-corrected chi connectivity index (χ2v) is 12.3. The lowest BCUT2D eigenvalue weighted by Gasteiger charge is -2.52. The van der Waals surface area contributed by atoms with Crippen LogP contribution in [-0.4, -0.2) is 60.7 Å². The Morgan fingerprint density at radius 1 is 1.16 bits per heavy atom. The second-order valence-electron chi connectivity index (χ2n) is 12.3. The van der Waals surface area contributed by atoms with Gasteiger partial charge in [-0.3, -0.25) is 14.1 Å². The quantitative estimate of drug-likeness (QED) is 0.600. The Kier molecular flexibility index (Phi) is 7.20. The van der Waals surface area contributed by atoms with E-state index in [9.17, 15) is 29.4 Å². The van der Waals surface area contributed by atoms with Gasteiger partial charge < -0.3 is 24.5 Å². The number of carboxylic acids is 1. The number of carbonyl (C=O) groups is 3. The van der Waals surface area contributed by atoms with E-state index in [0.29, 0.717) is 5.56 Å². The fourth-order valence-electron chi connectivity index (χ4n) is 6.98. The Morgan fingerprint density at radius 2 is 1.79 bits per heavy atom. The highest BCUT2D eigenvalue weighted by atomic mass is 16.4. The summed E-state index contributed by atoms with van der Waals surface area (Å²) in [5, 5.41) is 24.0. The van der Waals surface area contributed by atoms with E-state index in [1.165, 1.54) is 6.92 Å². The number of aliphatic carboxylic acids is 1. The standard InChI is InChI=1S/C29H39N3O6/c1-28(2,3)32(27(37)38)18-22(16-29(32,4)26(35)36)31(25(34)19-11-7-6-8-12-19)17-21-15-20-13-9-10-14-23(20)30(5)24(21)33/h9-10,13-15,19,22H,6-8,11-12,16-18H2,1-5H3,(H-,35,36,37,38)/t22-,29-,32?/m0/s1. The maximum absolute atomic E-state index is 14.1. The number of carboxylic acid groups (broad SMARTS) is 2. The number of fused-ring (bicyclic) bond motifs is 1. The number of hydrogen-bond acceptors (Lipinski definition) is 5. The Morgan fingerprint density at radius 3 is 2.34 bits per heavy atom. The van der Waals surface area contributed by atoms with Crippen LogP contribution in [0.15, 0.2) is 35.1 Å². The molecule has 1 saturated heterocycles. The summed E-state index contributed by atoms with van der Waals surface area (Å²) in [6.45, 7) is 6.40. The van der Waals surface area contributed by atoms with Gasteiger partial charge in [0.25, 0.3) is 11.7 Å². The van der Waals surface area contributed by atoms with E-state index in [-0.39, 0.29) is 36.9 Å². The summed E-state index contributed by atoms with van der Waals surface area (Å²) in [4.78, 5) is 54.5. The topological polar surface area (TPSA) is 120 Å². The number of carbonyl (C=O) groups excluding carboxylic acids is 2. The van der Waals surface area contributed by atoms with Gasteiger partial charge in [-0.05, 0) is 51.1 Å². The van der Waals surface area contributed by atoms with Crippen molar-refractivity contribution in [3.05, 3.63) is 46.2 Å². The molecule has 1 aromatic carbocycles. The molecule has 2 aromatic rings. The summed E-state index contributed by atoms with van der Waals surface area (Å²) in [5.41, 5.74) is -1.78. The molecule has 9 nitrogen and oxygen atoms in total. The van der Waals surface area contributed by atoms with Crippen LogP contribution < -0.4 is 10.7 Å². The largest absolute Gasteiger partial charge is 0.498 e. The predicted octanol–water partition coefficient (Wildman–Crippen LogP) is 3.02. The molecule has 2 aliphatic rings. The van der Waals surface area contributed by atoms with Gasteiger partial charge in [-0.2, -0.15) is 0 Å². The van der Waals surface area contributed by atoms with E-state index in [0.717, 1.165) is 43.0 Å². The van der Waals surface area contributed by atoms with E-state index in [1.807, 2.05) is 24.3 Å². The van der Waals surface area contributed by atoms with Crippen molar-refractivity contribution in [2.24, 2.45) is 13.0 Å². The van der Waals surface area contributed by atoms with Gasteiger partial charge in [0.2, 0.25) is 11.4 Å². The highest BCUT2D eigenvalue weighted by Crippen LogP contribution is 2.46. The molecule has 1 unspecified atom stereocenters. The van der Waals surface area contributed by atoms with Gasteiger partial charge in [-0.25, -0.2) is 4.79 Å². The minimum Gasteiger partial charge on any atom is -0.498 e. The molecular weight excluding hydrogens is 486 g/mol. The maximum Gasteiger partial charge on any atom is 0.366 e. The molecule has 2 amide bonds. The number of rotatable bonds is 5. The lowest BCUT2D eigenvalue weighted by Crippen LogP contribution is -2.76. The average molecular weight is 526 g/mol.